The van der Waals surface area contributed by atoms with E-state index in [1.54, 1.807) is 11.0 Å². The minimum Gasteiger partial charge on any atom is -0.493 e. The van der Waals surface area contributed by atoms with E-state index in [1.807, 2.05) is 20.8 Å². The summed E-state index contributed by atoms with van der Waals surface area (Å²) >= 11 is 0. The molecule has 0 radical (unpaired) electrons. The highest BCUT2D eigenvalue weighted by Gasteiger charge is 2.52. The van der Waals surface area contributed by atoms with Crippen LogP contribution in [0.15, 0.2) is 18.2 Å². The first-order valence-corrected chi connectivity index (χ1v) is 10.3. The molecule has 2 atom stereocenters. The van der Waals surface area contributed by atoms with E-state index >= 15 is 0 Å². The number of carbonyl (C=O) groups is 1. The minimum absolute atomic E-state index is 0.113. The van der Waals surface area contributed by atoms with E-state index in [2.05, 4.69) is 0 Å². The molecule has 2 heterocycles. The zero-order chi connectivity index (χ0) is 20.1. The van der Waals surface area contributed by atoms with Gasteiger partial charge in [0.2, 0.25) is 0 Å². The lowest BCUT2D eigenvalue weighted by atomic mass is 9.80. The van der Waals surface area contributed by atoms with Crippen molar-refractivity contribution < 1.29 is 23.8 Å². The molecule has 1 aromatic rings. The summed E-state index contributed by atoms with van der Waals surface area (Å²) in [6, 6.07) is 4.16. The van der Waals surface area contributed by atoms with Crippen molar-refractivity contribution in [2.75, 3.05) is 6.61 Å². The van der Waals surface area contributed by atoms with Crippen LogP contribution in [0.25, 0.3) is 0 Å². The van der Waals surface area contributed by atoms with Gasteiger partial charge in [-0.1, -0.05) is 0 Å². The van der Waals surface area contributed by atoms with Crippen molar-refractivity contribution in [1.82, 2.24) is 4.90 Å². The van der Waals surface area contributed by atoms with Crippen molar-refractivity contribution in [2.24, 2.45) is 5.92 Å². The summed E-state index contributed by atoms with van der Waals surface area (Å²) in [5.41, 5.74) is -1.25. The van der Waals surface area contributed by atoms with Crippen LogP contribution in [0.3, 0.4) is 0 Å². The quantitative estimate of drug-likeness (QED) is 0.828. The van der Waals surface area contributed by atoms with Gasteiger partial charge in [0.15, 0.2) is 0 Å². The van der Waals surface area contributed by atoms with Crippen molar-refractivity contribution in [3.63, 3.8) is 0 Å². The number of rotatable bonds is 4. The Morgan fingerprint density at radius 1 is 1.21 bits per heavy atom. The molecule has 2 unspecified atom stereocenters. The molecule has 3 fully saturated rings. The van der Waals surface area contributed by atoms with Crippen LogP contribution in [0.5, 0.6) is 5.75 Å². The number of ether oxygens (including phenoxy) is 2. The van der Waals surface area contributed by atoms with E-state index in [-0.39, 0.29) is 24.0 Å². The van der Waals surface area contributed by atoms with E-state index in [4.69, 9.17) is 9.47 Å². The minimum atomic E-state index is -1.20. The molecule has 3 aliphatic rings. The first-order valence-electron chi connectivity index (χ1n) is 10.3. The number of halogens is 1. The van der Waals surface area contributed by atoms with Crippen molar-refractivity contribution in [1.29, 1.82) is 0 Å². The predicted molar refractivity (Wildman–Crippen MR) is 103 cm³/mol. The van der Waals surface area contributed by atoms with Crippen molar-refractivity contribution in [2.45, 2.75) is 82.6 Å². The van der Waals surface area contributed by atoms with Crippen LogP contribution in [0.2, 0.25) is 0 Å². The molecule has 2 saturated heterocycles. The van der Waals surface area contributed by atoms with Gasteiger partial charge in [0.1, 0.15) is 17.2 Å². The second-order valence-electron chi connectivity index (χ2n) is 9.61. The number of hydrogen-bond acceptors (Lipinski definition) is 4. The monoisotopic (exact) mass is 391 g/mol. The van der Waals surface area contributed by atoms with Crippen LogP contribution in [0.4, 0.5) is 9.18 Å². The van der Waals surface area contributed by atoms with Gasteiger partial charge in [0.05, 0.1) is 12.2 Å². The Morgan fingerprint density at radius 2 is 1.86 bits per heavy atom. The lowest BCUT2D eigenvalue weighted by Crippen LogP contribution is -2.53. The molecule has 1 saturated carbocycles. The van der Waals surface area contributed by atoms with E-state index in [0.717, 1.165) is 25.7 Å². The van der Waals surface area contributed by atoms with Gasteiger partial charge in [-0.3, -0.25) is 0 Å². The standard InChI is InChI=1S/C22H30FNO4/c1-21(2,3)28-20(25)24-16-7-8-17(24)12-22(26,11-16)18-10-15(23)6-9-19(18)27-13-14-4-5-14/h6,9-10,14,16-17,26H,4-5,7-8,11-13H2,1-3H3. The second-order valence-corrected chi connectivity index (χ2v) is 9.61. The van der Waals surface area contributed by atoms with Crippen LogP contribution >= 0.6 is 0 Å². The zero-order valence-corrected chi connectivity index (χ0v) is 16.9. The van der Waals surface area contributed by atoms with Gasteiger partial charge in [-0.25, -0.2) is 9.18 Å². The van der Waals surface area contributed by atoms with Gasteiger partial charge in [0.25, 0.3) is 0 Å². The number of nitrogens with zero attached hydrogens (tertiary/aromatic N) is 1. The van der Waals surface area contributed by atoms with E-state index in [9.17, 15) is 14.3 Å². The Balaban J connectivity index is 1.56. The second kappa shape index (κ2) is 6.90. The maximum absolute atomic E-state index is 14.0. The van der Waals surface area contributed by atoms with Crippen molar-refractivity contribution in [3.05, 3.63) is 29.6 Å². The number of hydrogen-bond donors (Lipinski definition) is 1. The Labute approximate surface area is 165 Å². The zero-order valence-electron chi connectivity index (χ0n) is 16.9. The molecule has 0 aromatic heterocycles. The van der Waals surface area contributed by atoms with Crippen LogP contribution < -0.4 is 4.74 Å². The summed E-state index contributed by atoms with van der Waals surface area (Å²) < 4.78 is 25.5. The van der Waals surface area contributed by atoms with Crippen LogP contribution in [0.1, 0.15) is 64.9 Å². The van der Waals surface area contributed by atoms with Crippen molar-refractivity contribution >= 4 is 6.09 Å². The SMILES string of the molecule is CC(C)(C)OC(=O)N1C2CCC1CC(O)(c1cc(F)ccc1OCC1CC1)C2. The number of aliphatic hydroxyl groups is 1. The molecule has 1 amide bonds. The van der Waals surface area contributed by atoms with Gasteiger partial charge in [-0.05, 0) is 70.6 Å². The molecule has 154 valence electrons. The van der Waals surface area contributed by atoms with Crippen LogP contribution in [0, 0.1) is 11.7 Å². The molecule has 2 aliphatic heterocycles. The van der Waals surface area contributed by atoms with Crippen LogP contribution in [-0.4, -0.2) is 40.4 Å². The van der Waals surface area contributed by atoms with Crippen LogP contribution in [-0.2, 0) is 10.3 Å². The average Bonchev–Trinajstić information content (AvgIpc) is 3.36. The molecule has 4 rings (SSSR count). The molecule has 0 spiro atoms. The molecule has 1 N–H and O–H groups in total. The first kappa shape index (κ1) is 19.5. The smallest absolute Gasteiger partial charge is 0.410 e. The highest BCUT2D eigenvalue weighted by molar-refractivity contribution is 5.70. The number of carbonyl (C=O) groups excluding carboxylic acids is 1. The predicted octanol–water partition coefficient (Wildman–Crippen LogP) is 4.36. The van der Waals surface area contributed by atoms with E-state index in [0.29, 0.717) is 36.7 Å². The Hall–Kier alpha value is -1.82. The number of fused-ring (bicyclic) bond motifs is 2. The topological polar surface area (TPSA) is 59.0 Å². The summed E-state index contributed by atoms with van der Waals surface area (Å²) in [6.45, 7) is 6.15. The Bertz CT molecular complexity index is 741. The highest BCUT2D eigenvalue weighted by Crippen LogP contribution is 2.48. The summed E-state index contributed by atoms with van der Waals surface area (Å²) in [7, 11) is 0. The molecular weight excluding hydrogens is 361 g/mol. The number of amides is 1. The fourth-order valence-corrected chi connectivity index (χ4v) is 4.54. The van der Waals surface area contributed by atoms with Gasteiger partial charge in [0, 0.05) is 30.5 Å². The van der Waals surface area contributed by atoms with Gasteiger partial charge in [-0.15, -0.1) is 0 Å². The average molecular weight is 391 g/mol. The fraction of sp³-hybridized carbons (Fsp3) is 0.682. The number of benzene rings is 1. The van der Waals surface area contributed by atoms with Gasteiger partial charge in [-0.2, -0.15) is 0 Å². The molecule has 2 bridgehead atoms. The molecule has 5 nitrogen and oxygen atoms in total. The summed E-state index contributed by atoms with van der Waals surface area (Å²) in [6.07, 6.45) is 4.37. The lowest BCUT2D eigenvalue weighted by molar-refractivity contribution is -0.0636. The summed E-state index contributed by atoms with van der Waals surface area (Å²) in [5, 5.41) is 11.5. The molecule has 1 aliphatic carbocycles. The molecule has 28 heavy (non-hydrogen) atoms. The maximum atomic E-state index is 14.0. The third-order valence-corrected chi connectivity index (χ3v) is 5.99. The third kappa shape index (κ3) is 3.97. The normalized spacial score (nSPS) is 29.7. The lowest BCUT2D eigenvalue weighted by Gasteiger charge is -2.44. The molecule has 6 heteroatoms. The van der Waals surface area contributed by atoms with E-state index < -0.39 is 11.2 Å². The van der Waals surface area contributed by atoms with Gasteiger partial charge >= 0.3 is 6.09 Å². The number of piperidine rings is 1. The molecular formula is C22H30FNO4. The van der Waals surface area contributed by atoms with Crippen molar-refractivity contribution in [3.8, 4) is 5.75 Å². The summed E-state index contributed by atoms with van der Waals surface area (Å²) in [4.78, 5) is 14.4. The summed E-state index contributed by atoms with van der Waals surface area (Å²) in [5.74, 6) is 0.739. The third-order valence-electron chi connectivity index (χ3n) is 5.99. The largest absolute Gasteiger partial charge is 0.493 e. The van der Waals surface area contributed by atoms with E-state index in [1.165, 1.54) is 12.1 Å². The fourth-order valence-electron chi connectivity index (χ4n) is 4.54. The van der Waals surface area contributed by atoms with Gasteiger partial charge < -0.3 is 19.5 Å². The Morgan fingerprint density at radius 3 is 2.43 bits per heavy atom. The highest BCUT2D eigenvalue weighted by atomic mass is 19.1. The Kier molecular flexibility index (Phi) is 4.81. The maximum Gasteiger partial charge on any atom is 0.410 e. The molecule has 1 aromatic carbocycles. The first-order chi connectivity index (χ1) is 13.1.